The molecule has 0 fully saturated rings. The summed E-state index contributed by atoms with van der Waals surface area (Å²) in [4.78, 5) is 0. The third-order valence-electron chi connectivity index (χ3n) is 2.60. The SMILES string of the molecule is C[C@H](N)c1ccc(Oc2ccc(F)c(Br)c2)c(Cl)c1. The molecule has 0 radical (unpaired) electrons. The van der Waals surface area contributed by atoms with E-state index in [0.29, 0.717) is 21.0 Å². The second-order valence-electron chi connectivity index (χ2n) is 4.16. The molecule has 2 rings (SSSR count). The predicted molar refractivity (Wildman–Crippen MR) is 78.2 cm³/mol. The zero-order valence-corrected chi connectivity index (χ0v) is 12.5. The first-order valence-corrected chi connectivity index (χ1v) is 6.82. The van der Waals surface area contributed by atoms with Gasteiger partial charge in [0, 0.05) is 6.04 Å². The molecular weight excluding hydrogens is 333 g/mol. The molecule has 0 saturated heterocycles. The van der Waals surface area contributed by atoms with Crippen LogP contribution in [-0.2, 0) is 0 Å². The van der Waals surface area contributed by atoms with Gasteiger partial charge in [-0.25, -0.2) is 4.39 Å². The summed E-state index contributed by atoms with van der Waals surface area (Å²) in [6.07, 6.45) is 0. The van der Waals surface area contributed by atoms with Crippen molar-refractivity contribution in [1.29, 1.82) is 0 Å². The highest BCUT2D eigenvalue weighted by molar-refractivity contribution is 9.10. The molecule has 2 N–H and O–H groups in total. The van der Waals surface area contributed by atoms with Crippen LogP contribution < -0.4 is 10.5 Å². The lowest BCUT2D eigenvalue weighted by molar-refractivity contribution is 0.479. The standard InChI is InChI=1S/C14H12BrClFNO/c1-8(18)9-2-5-14(12(16)6-9)19-10-3-4-13(17)11(15)7-10/h2-8H,18H2,1H3/t8-/m0/s1. The van der Waals surface area contributed by atoms with Gasteiger partial charge in [-0.2, -0.15) is 0 Å². The molecule has 1 atom stereocenters. The van der Waals surface area contributed by atoms with Gasteiger partial charge in [-0.3, -0.25) is 0 Å². The Hall–Kier alpha value is -1.10. The Kier molecular flexibility index (Phi) is 4.45. The maximum Gasteiger partial charge on any atom is 0.146 e. The highest BCUT2D eigenvalue weighted by Crippen LogP contribution is 2.32. The van der Waals surface area contributed by atoms with Crippen molar-refractivity contribution in [3.63, 3.8) is 0 Å². The zero-order chi connectivity index (χ0) is 14.0. The molecule has 0 aliphatic rings. The van der Waals surface area contributed by atoms with E-state index in [9.17, 15) is 4.39 Å². The molecule has 2 nitrogen and oxygen atoms in total. The monoisotopic (exact) mass is 343 g/mol. The van der Waals surface area contributed by atoms with E-state index in [0.717, 1.165) is 5.56 Å². The molecule has 0 spiro atoms. The minimum atomic E-state index is -0.342. The van der Waals surface area contributed by atoms with Gasteiger partial charge >= 0.3 is 0 Å². The van der Waals surface area contributed by atoms with Crippen LogP contribution in [0.5, 0.6) is 11.5 Å². The van der Waals surface area contributed by atoms with Crippen LogP contribution in [0.1, 0.15) is 18.5 Å². The number of hydrogen-bond acceptors (Lipinski definition) is 2. The molecule has 0 heterocycles. The normalized spacial score (nSPS) is 12.3. The van der Waals surface area contributed by atoms with E-state index in [-0.39, 0.29) is 11.9 Å². The van der Waals surface area contributed by atoms with Gasteiger partial charge in [0.15, 0.2) is 0 Å². The van der Waals surface area contributed by atoms with Gasteiger partial charge in [0.2, 0.25) is 0 Å². The summed E-state index contributed by atoms with van der Waals surface area (Å²) >= 11 is 9.23. The van der Waals surface area contributed by atoms with Crippen LogP contribution in [0.4, 0.5) is 4.39 Å². The van der Waals surface area contributed by atoms with Gasteiger partial charge in [-0.1, -0.05) is 17.7 Å². The zero-order valence-electron chi connectivity index (χ0n) is 10.2. The quantitative estimate of drug-likeness (QED) is 0.845. The van der Waals surface area contributed by atoms with Crippen molar-refractivity contribution < 1.29 is 9.13 Å². The van der Waals surface area contributed by atoms with Gasteiger partial charge in [0.1, 0.15) is 17.3 Å². The summed E-state index contributed by atoms with van der Waals surface area (Å²) in [7, 11) is 0. The first-order chi connectivity index (χ1) is 8.97. The van der Waals surface area contributed by atoms with Crippen molar-refractivity contribution in [2.75, 3.05) is 0 Å². The summed E-state index contributed by atoms with van der Waals surface area (Å²) in [5.74, 6) is 0.666. The second-order valence-corrected chi connectivity index (χ2v) is 5.42. The Morgan fingerprint density at radius 2 is 2.00 bits per heavy atom. The van der Waals surface area contributed by atoms with Crippen LogP contribution in [-0.4, -0.2) is 0 Å². The summed E-state index contributed by atoms with van der Waals surface area (Å²) in [5, 5.41) is 0.468. The van der Waals surface area contributed by atoms with Crippen LogP contribution in [0.25, 0.3) is 0 Å². The van der Waals surface area contributed by atoms with Crippen molar-refractivity contribution in [3.8, 4) is 11.5 Å². The highest BCUT2D eigenvalue weighted by atomic mass is 79.9. The summed E-state index contributed by atoms with van der Waals surface area (Å²) in [5.41, 5.74) is 6.70. The van der Waals surface area contributed by atoms with Crippen molar-refractivity contribution in [2.45, 2.75) is 13.0 Å². The molecule has 0 aliphatic carbocycles. The van der Waals surface area contributed by atoms with Crippen LogP contribution in [0.15, 0.2) is 40.9 Å². The highest BCUT2D eigenvalue weighted by Gasteiger charge is 2.08. The maximum atomic E-state index is 13.1. The van der Waals surface area contributed by atoms with Crippen LogP contribution in [0.3, 0.4) is 0 Å². The number of hydrogen-bond donors (Lipinski definition) is 1. The van der Waals surface area contributed by atoms with Crippen molar-refractivity contribution in [3.05, 3.63) is 57.3 Å². The third-order valence-corrected chi connectivity index (χ3v) is 3.50. The van der Waals surface area contributed by atoms with E-state index >= 15 is 0 Å². The third kappa shape index (κ3) is 3.47. The molecule has 2 aromatic carbocycles. The van der Waals surface area contributed by atoms with Crippen molar-refractivity contribution >= 4 is 27.5 Å². The lowest BCUT2D eigenvalue weighted by Gasteiger charge is -2.11. The largest absolute Gasteiger partial charge is 0.456 e. The minimum Gasteiger partial charge on any atom is -0.456 e. The lowest BCUT2D eigenvalue weighted by atomic mass is 10.1. The number of benzene rings is 2. The van der Waals surface area contributed by atoms with Gasteiger partial charge in [0.25, 0.3) is 0 Å². The van der Waals surface area contributed by atoms with Crippen LogP contribution >= 0.6 is 27.5 Å². The van der Waals surface area contributed by atoms with E-state index in [1.165, 1.54) is 12.1 Å². The Morgan fingerprint density at radius 1 is 1.26 bits per heavy atom. The lowest BCUT2D eigenvalue weighted by Crippen LogP contribution is -2.04. The van der Waals surface area contributed by atoms with Gasteiger partial charge in [0.05, 0.1) is 9.50 Å². The molecule has 0 aromatic heterocycles. The van der Waals surface area contributed by atoms with Gasteiger partial charge < -0.3 is 10.5 Å². The van der Waals surface area contributed by atoms with E-state index in [2.05, 4.69) is 15.9 Å². The summed E-state index contributed by atoms with van der Waals surface area (Å²) in [6, 6.07) is 9.68. The second kappa shape index (κ2) is 5.90. The predicted octanol–water partition coefficient (Wildman–Crippen LogP) is 5.05. The van der Waals surface area contributed by atoms with Crippen LogP contribution in [0, 0.1) is 5.82 Å². The number of halogens is 3. The van der Waals surface area contributed by atoms with Crippen molar-refractivity contribution in [1.82, 2.24) is 0 Å². The first-order valence-electron chi connectivity index (χ1n) is 5.65. The molecule has 0 saturated carbocycles. The van der Waals surface area contributed by atoms with E-state index in [4.69, 9.17) is 22.1 Å². The number of rotatable bonds is 3. The van der Waals surface area contributed by atoms with Gasteiger partial charge in [-0.05, 0) is 58.7 Å². The molecule has 0 bridgehead atoms. The molecule has 19 heavy (non-hydrogen) atoms. The molecule has 0 unspecified atom stereocenters. The average molecular weight is 345 g/mol. The van der Waals surface area contributed by atoms with Crippen LogP contribution in [0.2, 0.25) is 5.02 Å². The smallest absolute Gasteiger partial charge is 0.146 e. The average Bonchev–Trinajstić information content (AvgIpc) is 2.36. The molecule has 5 heteroatoms. The van der Waals surface area contributed by atoms with E-state index < -0.39 is 0 Å². The van der Waals surface area contributed by atoms with Crippen molar-refractivity contribution in [2.24, 2.45) is 5.73 Å². The Labute approximate surface area is 124 Å². The Balaban J connectivity index is 2.25. The number of nitrogens with two attached hydrogens (primary N) is 1. The Morgan fingerprint density at radius 3 is 2.58 bits per heavy atom. The molecular formula is C14H12BrClFNO. The fourth-order valence-corrected chi connectivity index (χ4v) is 2.14. The topological polar surface area (TPSA) is 35.2 Å². The first kappa shape index (κ1) is 14.3. The Bertz CT molecular complexity index is 604. The number of ether oxygens (including phenoxy) is 1. The summed E-state index contributed by atoms with van der Waals surface area (Å²) < 4.78 is 19.1. The fourth-order valence-electron chi connectivity index (χ4n) is 1.55. The maximum absolute atomic E-state index is 13.1. The minimum absolute atomic E-state index is 0.0912. The molecule has 2 aromatic rings. The van der Waals surface area contributed by atoms with E-state index in [1.54, 1.807) is 18.2 Å². The molecule has 100 valence electrons. The molecule has 0 aliphatic heterocycles. The van der Waals surface area contributed by atoms with E-state index in [1.807, 2.05) is 13.0 Å². The summed E-state index contributed by atoms with van der Waals surface area (Å²) in [6.45, 7) is 1.88. The molecule has 0 amide bonds. The fraction of sp³-hybridized carbons (Fsp3) is 0.143. The van der Waals surface area contributed by atoms with Gasteiger partial charge in [-0.15, -0.1) is 0 Å².